The molecule has 0 unspecified atom stereocenters. The number of hydrogen-bond donors (Lipinski definition) is 2. The number of methoxy groups -OCH3 is 1. The summed E-state index contributed by atoms with van der Waals surface area (Å²) in [5.41, 5.74) is 5.85. The van der Waals surface area contributed by atoms with Crippen LogP contribution in [0.3, 0.4) is 0 Å². The SMILES string of the molecule is COc1cc([C@H]2N[C@@H](C(=O)O)CS2)ccc1OCc1c(C)cc(C)cc1C. The van der Waals surface area contributed by atoms with E-state index in [1.54, 1.807) is 18.9 Å². The first kappa shape index (κ1) is 19.6. The van der Waals surface area contributed by atoms with Gasteiger partial charge in [-0.3, -0.25) is 10.1 Å². The number of ether oxygens (including phenoxy) is 2. The van der Waals surface area contributed by atoms with Crippen molar-refractivity contribution in [3.8, 4) is 11.5 Å². The van der Waals surface area contributed by atoms with Crippen molar-refractivity contribution >= 4 is 17.7 Å². The molecule has 0 amide bonds. The van der Waals surface area contributed by atoms with Gasteiger partial charge in [0.1, 0.15) is 12.6 Å². The molecule has 2 atom stereocenters. The molecule has 6 heteroatoms. The Morgan fingerprint density at radius 2 is 1.89 bits per heavy atom. The van der Waals surface area contributed by atoms with E-state index in [-0.39, 0.29) is 5.37 Å². The minimum Gasteiger partial charge on any atom is -0.493 e. The van der Waals surface area contributed by atoms with Crippen molar-refractivity contribution < 1.29 is 19.4 Å². The van der Waals surface area contributed by atoms with Crippen LogP contribution in [0.15, 0.2) is 30.3 Å². The minimum atomic E-state index is -0.819. The van der Waals surface area contributed by atoms with E-state index in [0.717, 1.165) is 5.56 Å². The van der Waals surface area contributed by atoms with Gasteiger partial charge in [-0.25, -0.2) is 0 Å². The lowest BCUT2D eigenvalue weighted by molar-refractivity contribution is -0.138. The van der Waals surface area contributed by atoms with Crippen LogP contribution in [0.2, 0.25) is 0 Å². The van der Waals surface area contributed by atoms with Crippen LogP contribution in [0.5, 0.6) is 11.5 Å². The van der Waals surface area contributed by atoms with E-state index >= 15 is 0 Å². The smallest absolute Gasteiger partial charge is 0.321 e. The van der Waals surface area contributed by atoms with Crippen molar-refractivity contribution in [1.82, 2.24) is 5.32 Å². The molecule has 1 fully saturated rings. The van der Waals surface area contributed by atoms with Crippen LogP contribution < -0.4 is 14.8 Å². The lowest BCUT2D eigenvalue weighted by Crippen LogP contribution is -2.33. The van der Waals surface area contributed by atoms with Crippen molar-refractivity contribution in [1.29, 1.82) is 0 Å². The molecule has 0 spiro atoms. The number of carboxylic acids is 1. The number of aryl methyl sites for hydroxylation is 3. The van der Waals surface area contributed by atoms with E-state index < -0.39 is 12.0 Å². The first-order valence-electron chi connectivity index (χ1n) is 8.87. The molecule has 2 aromatic rings. The number of rotatable bonds is 6. The third-order valence-corrected chi connectivity index (χ3v) is 6.05. The summed E-state index contributed by atoms with van der Waals surface area (Å²) in [7, 11) is 1.61. The molecular weight excluding hydrogens is 362 g/mol. The molecular formula is C21H25NO4S. The standard InChI is InChI=1S/C21H25NO4S/c1-12-7-13(2)16(14(3)8-12)10-26-18-6-5-15(9-19(18)25-4)20-22-17(11-27-20)21(23)24/h5-9,17,20,22H,10-11H2,1-4H3,(H,23,24)/t17-,20+/m1/s1. The topological polar surface area (TPSA) is 67.8 Å². The molecule has 0 aliphatic carbocycles. The van der Waals surface area contributed by atoms with Gasteiger partial charge in [-0.15, -0.1) is 11.8 Å². The van der Waals surface area contributed by atoms with E-state index in [9.17, 15) is 4.79 Å². The Kier molecular flexibility index (Phi) is 5.97. The van der Waals surface area contributed by atoms with Crippen molar-refractivity contribution in [2.24, 2.45) is 0 Å². The second-order valence-corrected chi connectivity index (χ2v) is 7.99. The van der Waals surface area contributed by atoms with Crippen LogP contribution in [0.4, 0.5) is 0 Å². The summed E-state index contributed by atoms with van der Waals surface area (Å²) in [5, 5.41) is 12.2. The molecule has 0 radical (unpaired) electrons. The lowest BCUT2D eigenvalue weighted by atomic mass is 10.0. The predicted octanol–water partition coefficient (Wildman–Crippen LogP) is 3.99. The van der Waals surface area contributed by atoms with E-state index in [0.29, 0.717) is 23.9 Å². The molecule has 2 N–H and O–H groups in total. The third kappa shape index (κ3) is 4.39. The zero-order chi connectivity index (χ0) is 19.6. The first-order chi connectivity index (χ1) is 12.9. The summed E-state index contributed by atoms with van der Waals surface area (Å²) in [5.74, 6) is 1.06. The molecule has 1 heterocycles. The Morgan fingerprint density at radius 3 is 2.48 bits per heavy atom. The zero-order valence-electron chi connectivity index (χ0n) is 16.0. The van der Waals surface area contributed by atoms with Crippen molar-refractivity contribution in [2.75, 3.05) is 12.9 Å². The highest BCUT2D eigenvalue weighted by Crippen LogP contribution is 2.37. The first-order valence-corrected chi connectivity index (χ1v) is 9.92. The highest BCUT2D eigenvalue weighted by molar-refractivity contribution is 7.99. The average molecular weight is 388 g/mol. The van der Waals surface area contributed by atoms with Crippen molar-refractivity contribution in [3.05, 3.63) is 58.1 Å². The Hall–Kier alpha value is -2.18. The number of nitrogens with one attached hydrogen (secondary N) is 1. The average Bonchev–Trinajstić information content (AvgIpc) is 3.11. The van der Waals surface area contributed by atoms with Crippen molar-refractivity contribution in [3.63, 3.8) is 0 Å². The Labute approximate surface area is 164 Å². The maximum atomic E-state index is 11.1. The monoisotopic (exact) mass is 387 g/mol. The van der Waals surface area contributed by atoms with E-state index in [1.165, 1.54) is 22.3 Å². The molecule has 1 aliphatic rings. The summed E-state index contributed by atoms with van der Waals surface area (Å²) in [6.45, 7) is 6.77. The summed E-state index contributed by atoms with van der Waals surface area (Å²) >= 11 is 1.58. The zero-order valence-corrected chi connectivity index (χ0v) is 16.9. The van der Waals surface area contributed by atoms with Crippen molar-refractivity contribution in [2.45, 2.75) is 38.8 Å². The fourth-order valence-corrected chi connectivity index (χ4v) is 4.58. The Morgan fingerprint density at radius 1 is 1.19 bits per heavy atom. The predicted molar refractivity (Wildman–Crippen MR) is 108 cm³/mol. The molecule has 5 nitrogen and oxygen atoms in total. The lowest BCUT2D eigenvalue weighted by Gasteiger charge is -2.17. The largest absolute Gasteiger partial charge is 0.493 e. The number of carbonyl (C=O) groups is 1. The molecule has 0 bridgehead atoms. The molecule has 27 heavy (non-hydrogen) atoms. The van der Waals surface area contributed by atoms with E-state index in [1.807, 2.05) is 18.2 Å². The fourth-order valence-electron chi connectivity index (χ4n) is 3.36. The molecule has 144 valence electrons. The Balaban J connectivity index is 1.75. The van der Waals surface area contributed by atoms with Gasteiger partial charge in [0.15, 0.2) is 11.5 Å². The van der Waals surface area contributed by atoms with Gasteiger partial charge < -0.3 is 14.6 Å². The highest BCUT2D eigenvalue weighted by Gasteiger charge is 2.30. The molecule has 0 saturated carbocycles. The van der Waals surface area contributed by atoms with Gasteiger partial charge in [-0.2, -0.15) is 0 Å². The Bertz CT molecular complexity index is 829. The maximum absolute atomic E-state index is 11.1. The van der Waals surface area contributed by atoms with Gasteiger partial charge in [0.2, 0.25) is 0 Å². The summed E-state index contributed by atoms with van der Waals surface area (Å²) in [4.78, 5) is 11.1. The second-order valence-electron chi connectivity index (χ2n) is 6.85. The van der Waals surface area contributed by atoms with Gasteiger partial charge in [0, 0.05) is 5.75 Å². The number of benzene rings is 2. The minimum absolute atomic E-state index is 0.0596. The van der Waals surface area contributed by atoms with Crippen LogP contribution in [0.1, 0.15) is 33.2 Å². The number of carboxylic acid groups (broad SMARTS) is 1. The quantitative estimate of drug-likeness (QED) is 0.781. The van der Waals surface area contributed by atoms with Gasteiger partial charge in [-0.05, 0) is 55.2 Å². The molecule has 3 rings (SSSR count). The molecule has 1 saturated heterocycles. The third-order valence-electron chi connectivity index (χ3n) is 4.78. The van der Waals surface area contributed by atoms with Gasteiger partial charge in [0.05, 0.1) is 12.5 Å². The molecule has 0 aromatic heterocycles. The summed E-state index contributed by atoms with van der Waals surface area (Å²) in [6.07, 6.45) is 0. The number of thioether (sulfide) groups is 1. The summed E-state index contributed by atoms with van der Waals surface area (Å²) < 4.78 is 11.6. The van der Waals surface area contributed by atoms with Gasteiger partial charge in [0.25, 0.3) is 0 Å². The van der Waals surface area contributed by atoms with Crippen LogP contribution in [0, 0.1) is 20.8 Å². The van der Waals surface area contributed by atoms with E-state index in [4.69, 9.17) is 14.6 Å². The molecule has 1 aliphatic heterocycles. The second kappa shape index (κ2) is 8.23. The fraction of sp³-hybridized carbons (Fsp3) is 0.381. The van der Waals surface area contributed by atoms with Crippen LogP contribution in [-0.4, -0.2) is 30.0 Å². The van der Waals surface area contributed by atoms with Gasteiger partial charge in [-0.1, -0.05) is 23.8 Å². The molecule has 2 aromatic carbocycles. The number of aliphatic carboxylic acids is 1. The van der Waals surface area contributed by atoms with E-state index in [2.05, 4.69) is 38.2 Å². The van der Waals surface area contributed by atoms with Crippen LogP contribution >= 0.6 is 11.8 Å². The maximum Gasteiger partial charge on any atom is 0.321 e. The highest BCUT2D eigenvalue weighted by atomic mass is 32.2. The number of hydrogen-bond acceptors (Lipinski definition) is 5. The van der Waals surface area contributed by atoms with Crippen LogP contribution in [0.25, 0.3) is 0 Å². The van der Waals surface area contributed by atoms with Gasteiger partial charge >= 0.3 is 5.97 Å². The summed E-state index contributed by atoms with van der Waals surface area (Å²) in [6, 6.07) is 9.57. The van der Waals surface area contributed by atoms with Crippen LogP contribution in [-0.2, 0) is 11.4 Å². The normalized spacial score (nSPS) is 19.1.